The van der Waals surface area contributed by atoms with Gasteiger partial charge in [-0.1, -0.05) is 92.7 Å². The first-order valence-corrected chi connectivity index (χ1v) is 13.2. The Balaban J connectivity index is 1.90. The van der Waals surface area contributed by atoms with Gasteiger partial charge in [0.15, 0.2) is 0 Å². The van der Waals surface area contributed by atoms with Crippen LogP contribution in [-0.4, -0.2) is 28.8 Å². The molecule has 0 aromatic heterocycles. The van der Waals surface area contributed by atoms with Gasteiger partial charge in [-0.2, -0.15) is 0 Å². The third kappa shape index (κ3) is 7.81. The maximum absolute atomic E-state index is 13.8. The zero-order chi connectivity index (χ0) is 25.9. The molecule has 0 aliphatic heterocycles. The van der Waals surface area contributed by atoms with E-state index in [1.54, 1.807) is 4.90 Å². The molecule has 3 aromatic carbocycles. The molecule has 0 radical (unpaired) electrons. The Labute approximate surface area is 216 Å². The Bertz CT molecular complexity index is 1110. The summed E-state index contributed by atoms with van der Waals surface area (Å²) in [6.07, 6.45) is 3.32. The van der Waals surface area contributed by atoms with Crippen molar-refractivity contribution in [3.63, 3.8) is 0 Å². The van der Waals surface area contributed by atoms with Crippen LogP contribution in [-0.2, 0) is 35.4 Å². The second-order valence-electron chi connectivity index (χ2n) is 9.64. The van der Waals surface area contributed by atoms with E-state index < -0.39 is 6.04 Å². The number of rotatable bonds is 12. The normalized spacial score (nSPS) is 12.6. The zero-order valence-electron chi connectivity index (χ0n) is 22.2. The quantitative estimate of drug-likeness (QED) is 0.340. The summed E-state index contributed by atoms with van der Waals surface area (Å²) in [4.78, 5) is 29.2. The van der Waals surface area contributed by atoms with Crippen molar-refractivity contribution in [3.05, 3.63) is 107 Å². The summed E-state index contributed by atoms with van der Waals surface area (Å²) in [7, 11) is 0. The topological polar surface area (TPSA) is 49.4 Å². The fraction of sp³-hybridized carbons (Fsp3) is 0.375. The molecule has 3 rings (SSSR count). The van der Waals surface area contributed by atoms with Gasteiger partial charge in [0.1, 0.15) is 6.04 Å². The first kappa shape index (κ1) is 27.2. The van der Waals surface area contributed by atoms with Crippen molar-refractivity contribution < 1.29 is 9.59 Å². The van der Waals surface area contributed by atoms with Crippen LogP contribution in [0.3, 0.4) is 0 Å². The predicted octanol–water partition coefficient (Wildman–Crippen LogP) is 6.04. The van der Waals surface area contributed by atoms with E-state index in [1.807, 2.05) is 55.5 Å². The lowest BCUT2D eigenvalue weighted by atomic mass is 10.00. The molecule has 0 bridgehead atoms. The van der Waals surface area contributed by atoms with E-state index in [-0.39, 0.29) is 17.9 Å². The molecule has 0 spiro atoms. The highest BCUT2D eigenvalue weighted by Crippen LogP contribution is 2.19. The molecule has 4 heteroatoms. The standard InChI is InChI=1S/C32H40N2O2/c1-5-25(4)33-32(36)30(22-28-13-8-7-9-14-28)34(23-29-15-11-10-12-24(29)3)31(35)21-20-27-18-16-26(6-2)17-19-27/h7-19,25,30H,5-6,20-23H2,1-4H3,(H,33,36)/t25-,30-/m1/s1. The lowest BCUT2D eigenvalue weighted by molar-refractivity contribution is -0.141. The van der Waals surface area contributed by atoms with Gasteiger partial charge < -0.3 is 10.2 Å². The van der Waals surface area contributed by atoms with E-state index in [2.05, 4.69) is 56.4 Å². The molecule has 4 nitrogen and oxygen atoms in total. The van der Waals surface area contributed by atoms with Gasteiger partial charge >= 0.3 is 0 Å². The number of carbonyl (C=O) groups excluding carboxylic acids is 2. The van der Waals surface area contributed by atoms with Crippen LogP contribution in [0.5, 0.6) is 0 Å². The lowest BCUT2D eigenvalue weighted by Gasteiger charge is -2.33. The zero-order valence-corrected chi connectivity index (χ0v) is 22.2. The molecule has 0 aliphatic rings. The highest BCUT2D eigenvalue weighted by Gasteiger charge is 2.31. The number of benzene rings is 3. The smallest absolute Gasteiger partial charge is 0.243 e. The molecule has 0 saturated carbocycles. The van der Waals surface area contributed by atoms with Crippen molar-refractivity contribution in [3.8, 4) is 0 Å². The predicted molar refractivity (Wildman–Crippen MR) is 148 cm³/mol. The summed E-state index contributed by atoms with van der Waals surface area (Å²) in [5.74, 6) is -0.0968. The molecule has 2 amide bonds. The van der Waals surface area contributed by atoms with Crippen molar-refractivity contribution in [1.82, 2.24) is 10.2 Å². The number of aryl methyl sites for hydroxylation is 3. The van der Waals surface area contributed by atoms with Crippen LogP contribution in [0, 0.1) is 6.92 Å². The molecule has 0 saturated heterocycles. The van der Waals surface area contributed by atoms with Gasteiger partial charge in [0.05, 0.1) is 0 Å². The third-order valence-corrected chi connectivity index (χ3v) is 6.93. The summed E-state index contributed by atoms with van der Waals surface area (Å²) in [5, 5.41) is 3.14. The average Bonchev–Trinajstić information content (AvgIpc) is 2.91. The van der Waals surface area contributed by atoms with E-state index in [0.29, 0.717) is 25.8 Å². The minimum atomic E-state index is -0.587. The van der Waals surface area contributed by atoms with Crippen molar-refractivity contribution in [2.45, 2.75) is 78.4 Å². The average molecular weight is 485 g/mol. The second kappa shape index (κ2) is 13.6. The number of nitrogens with one attached hydrogen (secondary N) is 1. The fourth-order valence-electron chi connectivity index (χ4n) is 4.30. The molecule has 0 heterocycles. The fourth-order valence-corrected chi connectivity index (χ4v) is 4.30. The number of nitrogens with zero attached hydrogens (tertiary/aromatic N) is 1. The number of hydrogen-bond donors (Lipinski definition) is 1. The van der Waals surface area contributed by atoms with E-state index in [9.17, 15) is 9.59 Å². The molecular formula is C32H40N2O2. The SMILES string of the molecule is CCc1ccc(CCC(=O)N(Cc2ccccc2C)[C@H](Cc2ccccc2)C(=O)N[C@H](C)CC)cc1. The monoisotopic (exact) mass is 484 g/mol. The van der Waals surface area contributed by atoms with E-state index in [0.717, 1.165) is 35.1 Å². The van der Waals surface area contributed by atoms with Crippen LogP contribution in [0.25, 0.3) is 0 Å². The molecule has 190 valence electrons. The maximum atomic E-state index is 13.8. The van der Waals surface area contributed by atoms with Crippen LogP contribution >= 0.6 is 0 Å². The summed E-state index contributed by atoms with van der Waals surface area (Å²) in [6.45, 7) is 8.66. The Morgan fingerprint density at radius 2 is 1.47 bits per heavy atom. The van der Waals surface area contributed by atoms with Crippen LogP contribution in [0.15, 0.2) is 78.9 Å². The van der Waals surface area contributed by atoms with Gasteiger partial charge in [0, 0.05) is 25.4 Å². The largest absolute Gasteiger partial charge is 0.352 e. The second-order valence-corrected chi connectivity index (χ2v) is 9.64. The molecular weight excluding hydrogens is 444 g/mol. The summed E-state index contributed by atoms with van der Waals surface area (Å²) in [6, 6.07) is 26.0. The summed E-state index contributed by atoms with van der Waals surface area (Å²) in [5.41, 5.74) is 5.65. The van der Waals surface area contributed by atoms with Crippen molar-refractivity contribution >= 4 is 11.8 Å². The minimum absolute atomic E-state index is 0.00180. The summed E-state index contributed by atoms with van der Waals surface area (Å²) >= 11 is 0. The van der Waals surface area contributed by atoms with Crippen LogP contribution in [0.1, 0.15) is 61.4 Å². The molecule has 0 fully saturated rings. The molecule has 2 atom stereocenters. The molecule has 0 aliphatic carbocycles. The highest BCUT2D eigenvalue weighted by molar-refractivity contribution is 5.88. The van der Waals surface area contributed by atoms with E-state index in [4.69, 9.17) is 0 Å². The van der Waals surface area contributed by atoms with E-state index in [1.165, 1.54) is 5.56 Å². The summed E-state index contributed by atoms with van der Waals surface area (Å²) < 4.78 is 0. The van der Waals surface area contributed by atoms with Gasteiger partial charge in [0.25, 0.3) is 0 Å². The Kier molecular flexibility index (Phi) is 10.3. The van der Waals surface area contributed by atoms with Crippen LogP contribution in [0.4, 0.5) is 0 Å². The maximum Gasteiger partial charge on any atom is 0.243 e. The first-order valence-electron chi connectivity index (χ1n) is 13.2. The Hall–Kier alpha value is -3.40. The molecule has 0 unspecified atom stereocenters. The molecule has 1 N–H and O–H groups in total. The number of hydrogen-bond acceptors (Lipinski definition) is 2. The van der Waals surface area contributed by atoms with Gasteiger partial charge in [-0.05, 0) is 60.9 Å². The molecule has 36 heavy (non-hydrogen) atoms. The highest BCUT2D eigenvalue weighted by atomic mass is 16.2. The van der Waals surface area contributed by atoms with Crippen molar-refractivity contribution in [2.75, 3.05) is 0 Å². The van der Waals surface area contributed by atoms with Crippen molar-refractivity contribution in [1.29, 1.82) is 0 Å². The Morgan fingerprint density at radius 3 is 2.11 bits per heavy atom. The van der Waals surface area contributed by atoms with Crippen LogP contribution < -0.4 is 5.32 Å². The minimum Gasteiger partial charge on any atom is -0.352 e. The van der Waals surface area contributed by atoms with Gasteiger partial charge in [0.2, 0.25) is 11.8 Å². The van der Waals surface area contributed by atoms with Crippen molar-refractivity contribution in [2.24, 2.45) is 0 Å². The third-order valence-electron chi connectivity index (χ3n) is 6.93. The first-order chi connectivity index (χ1) is 17.4. The van der Waals surface area contributed by atoms with Crippen LogP contribution in [0.2, 0.25) is 0 Å². The molecule has 3 aromatic rings. The lowest BCUT2D eigenvalue weighted by Crippen LogP contribution is -2.52. The van der Waals surface area contributed by atoms with Gasteiger partial charge in [-0.15, -0.1) is 0 Å². The van der Waals surface area contributed by atoms with Gasteiger partial charge in [-0.25, -0.2) is 0 Å². The van der Waals surface area contributed by atoms with Gasteiger partial charge in [-0.3, -0.25) is 9.59 Å². The van der Waals surface area contributed by atoms with E-state index >= 15 is 0 Å². The Morgan fingerprint density at radius 1 is 0.833 bits per heavy atom. The number of amides is 2. The number of carbonyl (C=O) groups is 2.